The molecule has 2 aliphatic rings. The molecular weight excluding hydrogens is 200 g/mol. The highest BCUT2D eigenvalue weighted by molar-refractivity contribution is 5.76. The Morgan fingerprint density at radius 3 is 2.56 bits per heavy atom. The van der Waals surface area contributed by atoms with Crippen LogP contribution in [0.5, 0.6) is 0 Å². The van der Waals surface area contributed by atoms with Crippen molar-refractivity contribution in [2.75, 3.05) is 0 Å². The van der Waals surface area contributed by atoms with Crippen molar-refractivity contribution in [3.63, 3.8) is 0 Å². The average Bonchev–Trinajstić information content (AvgIpc) is 2.76. The summed E-state index contributed by atoms with van der Waals surface area (Å²) in [6.45, 7) is 8.14. The van der Waals surface area contributed by atoms with Crippen LogP contribution in [-0.2, 0) is 9.53 Å². The molecule has 2 aliphatic carbocycles. The van der Waals surface area contributed by atoms with Gasteiger partial charge in [0, 0.05) is 0 Å². The third-order valence-corrected chi connectivity index (χ3v) is 4.86. The Morgan fingerprint density at radius 1 is 1.44 bits per heavy atom. The fraction of sp³-hybridized carbons (Fsp3) is 0.929. The zero-order valence-corrected chi connectivity index (χ0v) is 11.0. The van der Waals surface area contributed by atoms with Crippen molar-refractivity contribution in [3.8, 4) is 0 Å². The summed E-state index contributed by atoms with van der Waals surface area (Å²) >= 11 is 0. The van der Waals surface area contributed by atoms with E-state index in [9.17, 15) is 4.79 Å². The van der Waals surface area contributed by atoms with Crippen molar-refractivity contribution in [1.29, 1.82) is 0 Å². The highest BCUT2D eigenvalue weighted by Gasteiger charge is 2.51. The first-order valence-corrected chi connectivity index (χ1v) is 6.61. The van der Waals surface area contributed by atoms with Gasteiger partial charge in [-0.05, 0) is 64.7 Å². The smallest absolute Gasteiger partial charge is 0.312 e. The van der Waals surface area contributed by atoms with Crippen molar-refractivity contribution in [2.45, 2.75) is 65.4 Å². The average molecular weight is 224 g/mol. The number of esters is 1. The van der Waals surface area contributed by atoms with Crippen molar-refractivity contribution in [3.05, 3.63) is 0 Å². The van der Waals surface area contributed by atoms with Gasteiger partial charge in [-0.2, -0.15) is 0 Å². The Hall–Kier alpha value is -0.530. The van der Waals surface area contributed by atoms with Gasteiger partial charge in [-0.1, -0.05) is 6.92 Å². The van der Waals surface area contributed by atoms with E-state index in [-0.39, 0.29) is 17.0 Å². The first kappa shape index (κ1) is 11.9. The van der Waals surface area contributed by atoms with Gasteiger partial charge in [0.1, 0.15) is 5.60 Å². The fourth-order valence-electron chi connectivity index (χ4n) is 3.17. The van der Waals surface area contributed by atoms with Crippen LogP contribution in [0.2, 0.25) is 0 Å². The molecule has 2 saturated carbocycles. The third-order valence-electron chi connectivity index (χ3n) is 4.86. The van der Waals surface area contributed by atoms with Crippen LogP contribution in [0.15, 0.2) is 0 Å². The summed E-state index contributed by atoms with van der Waals surface area (Å²) < 4.78 is 5.85. The summed E-state index contributed by atoms with van der Waals surface area (Å²) in [5.41, 5.74) is -0.489. The number of fused-ring (bicyclic) bond motifs is 2. The van der Waals surface area contributed by atoms with Crippen molar-refractivity contribution >= 4 is 5.97 Å². The fourth-order valence-corrected chi connectivity index (χ4v) is 3.17. The van der Waals surface area contributed by atoms with E-state index in [4.69, 9.17) is 4.74 Å². The molecule has 0 N–H and O–H groups in total. The lowest BCUT2D eigenvalue weighted by Crippen LogP contribution is -2.41. The molecule has 0 saturated heterocycles. The second kappa shape index (κ2) is 3.75. The highest BCUT2D eigenvalue weighted by Crippen LogP contribution is 2.52. The van der Waals surface area contributed by atoms with E-state index >= 15 is 0 Å². The molecule has 0 aliphatic heterocycles. The van der Waals surface area contributed by atoms with Gasteiger partial charge in [0.2, 0.25) is 0 Å². The molecule has 3 atom stereocenters. The molecule has 2 fully saturated rings. The van der Waals surface area contributed by atoms with Gasteiger partial charge in [0.05, 0.1) is 5.41 Å². The van der Waals surface area contributed by atoms with E-state index in [0.717, 1.165) is 18.8 Å². The summed E-state index contributed by atoms with van der Waals surface area (Å²) in [4.78, 5) is 12.1. The zero-order chi connectivity index (χ0) is 12.0. The highest BCUT2D eigenvalue weighted by atomic mass is 16.6. The quantitative estimate of drug-likeness (QED) is 0.685. The summed E-state index contributed by atoms with van der Waals surface area (Å²) in [6.07, 6.45) is 5.80. The number of hydrogen-bond donors (Lipinski definition) is 0. The van der Waals surface area contributed by atoms with Gasteiger partial charge in [-0.25, -0.2) is 0 Å². The molecule has 0 amide bonds. The van der Waals surface area contributed by atoms with E-state index in [1.54, 1.807) is 0 Å². The molecule has 2 heteroatoms. The first-order valence-electron chi connectivity index (χ1n) is 6.61. The third kappa shape index (κ3) is 1.87. The summed E-state index contributed by atoms with van der Waals surface area (Å²) in [6, 6.07) is 0. The zero-order valence-electron chi connectivity index (χ0n) is 11.0. The molecular formula is C14H24O2. The molecule has 0 radical (unpaired) electrons. The Kier molecular flexibility index (Phi) is 2.80. The first-order chi connectivity index (χ1) is 7.37. The predicted molar refractivity (Wildman–Crippen MR) is 64.0 cm³/mol. The minimum atomic E-state index is -0.329. The molecule has 0 aromatic carbocycles. The minimum Gasteiger partial charge on any atom is -0.459 e. The molecule has 16 heavy (non-hydrogen) atoms. The molecule has 2 nitrogen and oxygen atoms in total. The van der Waals surface area contributed by atoms with Gasteiger partial charge in [-0.3, -0.25) is 4.79 Å². The van der Waals surface area contributed by atoms with Crippen LogP contribution in [0.1, 0.15) is 59.8 Å². The van der Waals surface area contributed by atoms with Crippen LogP contribution in [0, 0.1) is 17.3 Å². The van der Waals surface area contributed by atoms with E-state index in [1.165, 1.54) is 19.3 Å². The van der Waals surface area contributed by atoms with Crippen LogP contribution in [0.25, 0.3) is 0 Å². The van der Waals surface area contributed by atoms with E-state index in [2.05, 4.69) is 6.92 Å². The maximum absolute atomic E-state index is 12.1. The molecule has 0 aromatic heterocycles. The SMILES string of the molecule is CCC(C)(C)C(=O)O[C@]1(C)C[C@@H]2CC[C@H]1C2. The van der Waals surface area contributed by atoms with Crippen LogP contribution in [0.4, 0.5) is 0 Å². The van der Waals surface area contributed by atoms with Gasteiger partial charge in [0.15, 0.2) is 0 Å². The van der Waals surface area contributed by atoms with Crippen LogP contribution >= 0.6 is 0 Å². The number of ether oxygens (including phenoxy) is 1. The molecule has 2 rings (SSSR count). The number of hydrogen-bond acceptors (Lipinski definition) is 2. The van der Waals surface area contributed by atoms with Gasteiger partial charge in [0.25, 0.3) is 0 Å². The maximum atomic E-state index is 12.1. The largest absolute Gasteiger partial charge is 0.459 e. The monoisotopic (exact) mass is 224 g/mol. The molecule has 0 unspecified atom stereocenters. The Labute approximate surface area is 98.7 Å². The van der Waals surface area contributed by atoms with Gasteiger partial charge in [-0.15, -0.1) is 0 Å². The lowest BCUT2D eigenvalue weighted by molar-refractivity contribution is -0.174. The molecule has 2 bridgehead atoms. The number of carbonyl (C=O) groups is 1. The predicted octanol–water partition coefficient (Wildman–Crippen LogP) is 3.54. The van der Waals surface area contributed by atoms with Crippen molar-refractivity contribution in [1.82, 2.24) is 0 Å². The molecule has 0 spiro atoms. The van der Waals surface area contributed by atoms with E-state index in [0.29, 0.717) is 5.92 Å². The molecule has 92 valence electrons. The second-order valence-electron chi connectivity index (χ2n) is 6.52. The lowest BCUT2D eigenvalue weighted by Gasteiger charge is -2.36. The Morgan fingerprint density at radius 2 is 2.12 bits per heavy atom. The number of carbonyl (C=O) groups excluding carboxylic acids is 1. The standard InChI is InChI=1S/C14H24O2/c1-5-13(2,3)12(15)16-14(4)9-10-6-7-11(14)8-10/h10-11H,5-9H2,1-4H3/t10-,11+,14-/m1/s1. The summed E-state index contributed by atoms with van der Waals surface area (Å²) in [5.74, 6) is 1.42. The maximum Gasteiger partial charge on any atom is 0.312 e. The Balaban J connectivity index is 2.02. The van der Waals surface area contributed by atoms with Crippen molar-refractivity contribution < 1.29 is 9.53 Å². The van der Waals surface area contributed by atoms with E-state index < -0.39 is 0 Å². The summed E-state index contributed by atoms with van der Waals surface area (Å²) in [7, 11) is 0. The Bertz CT molecular complexity index is 295. The summed E-state index contributed by atoms with van der Waals surface area (Å²) in [5, 5.41) is 0. The lowest BCUT2D eigenvalue weighted by atomic mass is 9.84. The number of rotatable bonds is 3. The van der Waals surface area contributed by atoms with Crippen LogP contribution in [0.3, 0.4) is 0 Å². The minimum absolute atomic E-state index is 0.00921. The second-order valence-corrected chi connectivity index (χ2v) is 6.52. The molecule has 0 heterocycles. The van der Waals surface area contributed by atoms with E-state index in [1.807, 2.05) is 20.8 Å². The van der Waals surface area contributed by atoms with Crippen LogP contribution < -0.4 is 0 Å². The van der Waals surface area contributed by atoms with Crippen molar-refractivity contribution in [2.24, 2.45) is 17.3 Å². The van der Waals surface area contributed by atoms with Gasteiger partial charge >= 0.3 is 5.97 Å². The topological polar surface area (TPSA) is 26.3 Å². The van der Waals surface area contributed by atoms with Crippen LogP contribution in [-0.4, -0.2) is 11.6 Å². The molecule has 0 aromatic rings. The normalized spacial score (nSPS) is 37.8. The van der Waals surface area contributed by atoms with Gasteiger partial charge < -0.3 is 4.74 Å².